The van der Waals surface area contributed by atoms with Crippen molar-refractivity contribution in [1.29, 1.82) is 0 Å². The number of carboxylic acid groups (broad SMARTS) is 1. The molecule has 0 aromatic heterocycles. The summed E-state index contributed by atoms with van der Waals surface area (Å²) in [7, 11) is 0. The van der Waals surface area contributed by atoms with Crippen LogP contribution in [-0.2, 0) is 4.79 Å². The molecule has 2 nitrogen and oxygen atoms in total. The predicted molar refractivity (Wildman–Crippen MR) is 44.7 cm³/mol. The molecule has 3 heteroatoms. The molecular formula is C8H12O2S. The van der Waals surface area contributed by atoms with Crippen LogP contribution in [0, 0.1) is 11.3 Å². The van der Waals surface area contributed by atoms with Crippen molar-refractivity contribution in [2.75, 3.05) is 11.5 Å². The van der Waals surface area contributed by atoms with Crippen LogP contribution in [0.15, 0.2) is 0 Å². The molecule has 2 aliphatic rings. The van der Waals surface area contributed by atoms with E-state index in [2.05, 4.69) is 0 Å². The van der Waals surface area contributed by atoms with Gasteiger partial charge in [-0.2, -0.15) is 11.8 Å². The van der Waals surface area contributed by atoms with Crippen molar-refractivity contribution in [2.24, 2.45) is 11.3 Å². The van der Waals surface area contributed by atoms with Crippen molar-refractivity contribution in [1.82, 2.24) is 0 Å². The van der Waals surface area contributed by atoms with Gasteiger partial charge in [0.2, 0.25) is 0 Å². The molecule has 1 aliphatic heterocycles. The Morgan fingerprint density at radius 1 is 1.55 bits per heavy atom. The van der Waals surface area contributed by atoms with Gasteiger partial charge in [-0.1, -0.05) is 0 Å². The summed E-state index contributed by atoms with van der Waals surface area (Å²) in [6.45, 7) is 0. The first-order valence-electron chi connectivity index (χ1n) is 4.05. The Hall–Kier alpha value is -0.180. The molecule has 1 heterocycles. The van der Waals surface area contributed by atoms with Gasteiger partial charge in [0.15, 0.2) is 0 Å². The summed E-state index contributed by atoms with van der Waals surface area (Å²) in [6.07, 6.45) is 3.19. The predicted octanol–water partition coefficient (Wildman–Crippen LogP) is 1.60. The smallest absolute Gasteiger partial charge is 0.307 e. The van der Waals surface area contributed by atoms with E-state index >= 15 is 0 Å². The Labute approximate surface area is 70.4 Å². The van der Waals surface area contributed by atoms with Crippen LogP contribution in [-0.4, -0.2) is 22.6 Å². The minimum absolute atomic E-state index is 0.0243. The van der Waals surface area contributed by atoms with Crippen LogP contribution < -0.4 is 0 Å². The zero-order valence-corrected chi connectivity index (χ0v) is 7.19. The van der Waals surface area contributed by atoms with E-state index < -0.39 is 5.97 Å². The van der Waals surface area contributed by atoms with Crippen molar-refractivity contribution in [3.8, 4) is 0 Å². The van der Waals surface area contributed by atoms with Gasteiger partial charge < -0.3 is 5.11 Å². The number of carboxylic acids is 1. The fraction of sp³-hybridized carbons (Fsp3) is 0.875. The van der Waals surface area contributed by atoms with Crippen molar-refractivity contribution in [3.05, 3.63) is 0 Å². The van der Waals surface area contributed by atoms with Crippen molar-refractivity contribution < 1.29 is 9.90 Å². The van der Waals surface area contributed by atoms with Crippen LogP contribution in [0.25, 0.3) is 0 Å². The van der Waals surface area contributed by atoms with Gasteiger partial charge in [0.25, 0.3) is 0 Å². The van der Waals surface area contributed by atoms with E-state index in [9.17, 15) is 4.79 Å². The number of thioether (sulfide) groups is 1. The molecule has 2 fully saturated rings. The minimum Gasteiger partial charge on any atom is -0.481 e. The molecule has 1 atom stereocenters. The van der Waals surface area contributed by atoms with Crippen LogP contribution >= 0.6 is 11.8 Å². The third-order valence-electron chi connectivity index (χ3n) is 2.87. The molecule has 0 radical (unpaired) electrons. The van der Waals surface area contributed by atoms with Gasteiger partial charge >= 0.3 is 5.97 Å². The normalized spacial score (nSPS) is 33.6. The molecular weight excluding hydrogens is 160 g/mol. The third-order valence-corrected chi connectivity index (χ3v) is 4.17. The second-order valence-electron chi connectivity index (χ2n) is 3.59. The highest BCUT2D eigenvalue weighted by molar-refractivity contribution is 7.99. The van der Waals surface area contributed by atoms with E-state index in [0.717, 1.165) is 30.8 Å². The highest BCUT2D eigenvalue weighted by Gasteiger charge is 2.53. The fourth-order valence-corrected chi connectivity index (χ4v) is 3.37. The van der Waals surface area contributed by atoms with E-state index in [1.54, 1.807) is 0 Å². The van der Waals surface area contributed by atoms with Gasteiger partial charge in [-0.15, -0.1) is 0 Å². The summed E-state index contributed by atoms with van der Waals surface area (Å²) in [6, 6.07) is 0. The van der Waals surface area contributed by atoms with Crippen LogP contribution in [0.3, 0.4) is 0 Å². The maximum absolute atomic E-state index is 10.8. The summed E-state index contributed by atoms with van der Waals surface area (Å²) in [4.78, 5) is 10.8. The number of carbonyl (C=O) groups is 1. The Morgan fingerprint density at radius 3 is 2.73 bits per heavy atom. The van der Waals surface area contributed by atoms with E-state index in [1.807, 2.05) is 11.8 Å². The highest BCUT2D eigenvalue weighted by Crippen LogP contribution is 2.57. The summed E-state index contributed by atoms with van der Waals surface area (Å²) in [5, 5.41) is 8.90. The van der Waals surface area contributed by atoms with Crippen LogP contribution in [0.1, 0.15) is 19.3 Å². The van der Waals surface area contributed by atoms with E-state index in [4.69, 9.17) is 5.11 Å². The van der Waals surface area contributed by atoms with Crippen molar-refractivity contribution >= 4 is 17.7 Å². The molecule has 0 amide bonds. The average Bonchev–Trinajstić information content (AvgIpc) is 2.70. The summed E-state index contributed by atoms with van der Waals surface area (Å²) in [5.41, 5.74) is 0.231. The number of hydrogen-bond donors (Lipinski definition) is 1. The average molecular weight is 172 g/mol. The van der Waals surface area contributed by atoms with Gasteiger partial charge in [0, 0.05) is 0 Å². The lowest BCUT2D eigenvalue weighted by molar-refractivity contribution is -0.144. The second kappa shape index (κ2) is 2.41. The van der Waals surface area contributed by atoms with Crippen molar-refractivity contribution in [2.45, 2.75) is 19.3 Å². The molecule has 1 saturated heterocycles. The first-order chi connectivity index (χ1) is 5.25. The lowest BCUT2D eigenvalue weighted by Crippen LogP contribution is -2.30. The third kappa shape index (κ3) is 1.15. The van der Waals surface area contributed by atoms with Gasteiger partial charge in [-0.3, -0.25) is 4.79 Å². The Balaban J connectivity index is 2.10. The maximum Gasteiger partial charge on any atom is 0.307 e. The Kier molecular flexibility index (Phi) is 1.63. The van der Waals surface area contributed by atoms with E-state index in [1.165, 1.54) is 0 Å². The molecule has 2 rings (SSSR count). The Bertz CT molecular complexity index is 187. The quantitative estimate of drug-likeness (QED) is 0.653. The molecule has 1 saturated carbocycles. The number of aliphatic carboxylic acids is 1. The zero-order chi connectivity index (χ0) is 7.90. The van der Waals surface area contributed by atoms with Crippen LogP contribution in [0.5, 0.6) is 0 Å². The highest BCUT2D eigenvalue weighted by atomic mass is 32.2. The zero-order valence-electron chi connectivity index (χ0n) is 6.38. The van der Waals surface area contributed by atoms with Gasteiger partial charge in [-0.05, 0) is 36.2 Å². The molecule has 0 bridgehead atoms. The second-order valence-corrected chi connectivity index (χ2v) is 4.70. The van der Waals surface area contributed by atoms with Crippen LogP contribution in [0.2, 0.25) is 0 Å². The van der Waals surface area contributed by atoms with Gasteiger partial charge in [0.05, 0.1) is 5.92 Å². The van der Waals surface area contributed by atoms with Gasteiger partial charge in [-0.25, -0.2) is 0 Å². The molecule has 11 heavy (non-hydrogen) atoms. The summed E-state index contributed by atoms with van der Waals surface area (Å²) in [5.74, 6) is 1.54. The molecule has 1 N–H and O–H groups in total. The Morgan fingerprint density at radius 2 is 2.27 bits per heavy atom. The van der Waals surface area contributed by atoms with Crippen molar-refractivity contribution in [3.63, 3.8) is 0 Å². The summed E-state index contributed by atoms with van der Waals surface area (Å²) >= 11 is 1.92. The van der Waals surface area contributed by atoms with Crippen LogP contribution in [0.4, 0.5) is 0 Å². The number of rotatable bonds is 1. The largest absolute Gasteiger partial charge is 0.481 e. The fourth-order valence-electron chi connectivity index (χ4n) is 1.92. The lowest BCUT2D eigenvalue weighted by Gasteiger charge is -2.27. The molecule has 1 aliphatic carbocycles. The molecule has 1 unspecified atom stereocenters. The minimum atomic E-state index is -0.567. The van der Waals surface area contributed by atoms with E-state index in [-0.39, 0.29) is 11.3 Å². The first-order valence-corrected chi connectivity index (χ1v) is 5.21. The van der Waals surface area contributed by atoms with Gasteiger partial charge in [0.1, 0.15) is 0 Å². The van der Waals surface area contributed by atoms with E-state index in [0.29, 0.717) is 0 Å². The number of hydrogen-bond acceptors (Lipinski definition) is 2. The monoisotopic (exact) mass is 172 g/mol. The summed E-state index contributed by atoms with van der Waals surface area (Å²) < 4.78 is 0. The lowest BCUT2D eigenvalue weighted by atomic mass is 9.88. The molecule has 62 valence electrons. The molecule has 1 spiro atoms. The maximum atomic E-state index is 10.8. The topological polar surface area (TPSA) is 37.3 Å². The standard InChI is InChI=1S/C8H12O2S/c9-7(10)6-1-4-11-5-8(6)2-3-8/h6H,1-5H2,(H,9,10). The SMILES string of the molecule is O=C(O)C1CCSCC12CC2. The first kappa shape index (κ1) is 7.47. The molecule has 0 aromatic carbocycles. The molecule has 0 aromatic rings.